The number of fused-ring (bicyclic) bond motifs is 2. The number of rotatable bonds is 3. The first-order valence-electron chi connectivity index (χ1n) is 9.38. The lowest BCUT2D eigenvalue weighted by atomic mass is 9.98. The quantitative estimate of drug-likeness (QED) is 0.390. The smallest absolute Gasteiger partial charge is 0.344 e. The molecule has 5 rings (SSSR count). The zero-order valence-electron chi connectivity index (χ0n) is 16.0. The van der Waals surface area contributed by atoms with Crippen LogP contribution in [-0.2, 0) is 0 Å². The van der Waals surface area contributed by atoms with Gasteiger partial charge in [0.2, 0.25) is 0 Å². The summed E-state index contributed by atoms with van der Waals surface area (Å²) >= 11 is 0. The van der Waals surface area contributed by atoms with Gasteiger partial charge >= 0.3 is 11.3 Å². The largest absolute Gasteiger partial charge is 0.497 e. The summed E-state index contributed by atoms with van der Waals surface area (Å²) in [7, 11) is 1.56. The Hall–Kier alpha value is -4.12. The van der Waals surface area contributed by atoms with Gasteiger partial charge in [0.05, 0.1) is 12.7 Å². The summed E-state index contributed by atoms with van der Waals surface area (Å²) in [6.45, 7) is 0. The van der Waals surface area contributed by atoms with E-state index in [4.69, 9.17) is 13.6 Å². The molecule has 30 heavy (non-hydrogen) atoms. The van der Waals surface area contributed by atoms with Gasteiger partial charge in [0, 0.05) is 22.9 Å². The molecule has 0 aliphatic heterocycles. The van der Waals surface area contributed by atoms with E-state index in [1.54, 1.807) is 31.4 Å². The summed E-state index contributed by atoms with van der Waals surface area (Å²) in [6, 6.07) is 23.5. The molecule has 3 aromatic carbocycles. The average Bonchev–Trinajstić information content (AvgIpc) is 2.78. The van der Waals surface area contributed by atoms with Crippen LogP contribution in [0.4, 0.5) is 0 Å². The van der Waals surface area contributed by atoms with Crippen LogP contribution < -0.4 is 16.0 Å². The molecule has 0 saturated heterocycles. The van der Waals surface area contributed by atoms with Gasteiger partial charge in [-0.3, -0.25) is 0 Å². The summed E-state index contributed by atoms with van der Waals surface area (Å²) < 4.78 is 16.1. The van der Waals surface area contributed by atoms with Crippen molar-refractivity contribution in [2.45, 2.75) is 0 Å². The Morgan fingerprint density at radius 2 is 1.53 bits per heavy atom. The third-order valence-corrected chi connectivity index (χ3v) is 5.08. The van der Waals surface area contributed by atoms with Crippen LogP contribution in [-0.4, -0.2) is 7.11 Å². The molecule has 0 unspecified atom stereocenters. The van der Waals surface area contributed by atoms with Gasteiger partial charge in [-0.2, -0.15) is 0 Å². The summed E-state index contributed by atoms with van der Waals surface area (Å²) in [6.07, 6.45) is 0. The van der Waals surface area contributed by atoms with E-state index in [1.807, 2.05) is 48.5 Å². The van der Waals surface area contributed by atoms with Crippen LogP contribution in [0.2, 0.25) is 0 Å². The monoisotopic (exact) mass is 396 g/mol. The van der Waals surface area contributed by atoms with Crippen molar-refractivity contribution < 1.29 is 13.6 Å². The molecule has 0 aliphatic carbocycles. The Balaban J connectivity index is 1.74. The first-order chi connectivity index (χ1) is 14.6. The van der Waals surface area contributed by atoms with E-state index >= 15 is 0 Å². The van der Waals surface area contributed by atoms with E-state index < -0.39 is 11.3 Å². The maximum absolute atomic E-state index is 12.7. The summed E-state index contributed by atoms with van der Waals surface area (Å²) in [5.41, 5.74) is 2.80. The third kappa shape index (κ3) is 3.06. The van der Waals surface area contributed by atoms with Gasteiger partial charge in [0.1, 0.15) is 16.9 Å². The van der Waals surface area contributed by atoms with Gasteiger partial charge in [-0.15, -0.1) is 0 Å². The minimum atomic E-state index is -0.450. The number of hydrogen-bond donors (Lipinski definition) is 0. The standard InChI is InChI=1S/C25H16O5/c1-28-18-9-7-17-12-20(25(27)30-23(17)13-18)16-8-10-22-21(11-16)19(14-24(26)29-22)15-5-3-2-4-6-15/h2-14H,1H3. The summed E-state index contributed by atoms with van der Waals surface area (Å²) in [5, 5.41) is 1.53. The topological polar surface area (TPSA) is 69.7 Å². The van der Waals surface area contributed by atoms with E-state index in [0.29, 0.717) is 28.0 Å². The lowest BCUT2D eigenvalue weighted by Gasteiger charge is -2.08. The van der Waals surface area contributed by atoms with Gasteiger partial charge in [-0.05, 0) is 47.0 Å². The van der Waals surface area contributed by atoms with Crippen LogP contribution in [0.3, 0.4) is 0 Å². The molecular weight excluding hydrogens is 380 g/mol. The van der Waals surface area contributed by atoms with E-state index in [0.717, 1.165) is 21.9 Å². The van der Waals surface area contributed by atoms with Gasteiger partial charge < -0.3 is 13.6 Å². The Bertz CT molecular complexity index is 1510. The molecule has 0 atom stereocenters. The van der Waals surface area contributed by atoms with Gasteiger partial charge in [0.15, 0.2) is 0 Å². The first-order valence-corrected chi connectivity index (χ1v) is 9.38. The maximum Gasteiger partial charge on any atom is 0.344 e. The molecule has 0 N–H and O–H groups in total. The first kappa shape index (κ1) is 17.9. The fourth-order valence-electron chi connectivity index (χ4n) is 3.61. The van der Waals surface area contributed by atoms with E-state index in [2.05, 4.69) is 0 Å². The highest BCUT2D eigenvalue weighted by atomic mass is 16.5. The van der Waals surface area contributed by atoms with Crippen molar-refractivity contribution in [3.8, 4) is 28.0 Å². The molecule has 0 radical (unpaired) electrons. The molecule has 0 saturated carbocycles. The van der Waals surface area contributed by atoms with Crippen LogP contribution in [0.1, 0.15) is 0 Å². The average molecular weight is 396 g/mol. The predicted molar refractivity (Wildman–Crippen MR) is 116 cm³/mol. The Labute approximate surface area is 170 Å². The Kier molecular flexibility index (Phi) is 4.21. The second-order valence-corrected chi connectivity index (χ2v) is 6.91. The normalized spacial score (nSPS) is 11.1. The molecule has 0 spiro atoms. The molecule has 2 aromatic heterocycles. The van der Waals surface area contributed by atoms with Crippen molar-refractivity contribution in [1.29, 1.82) is 0 Å². The minimum absolute atomic E-state index is 0.423. The number of ether oxygens (including phenoxy) is 1. The highest BCUT2D eigenvalue weighted by Crippen LogP contribution is 2.31. The predicted octanol–water partition coefficient (Wildman–Crippen LogP) is 5.24. The fraction of sp³-hybridized carbons (Fsp3) is 0.0400. The lowest BCUT2D eigenvalue weighted by molar-refractivity contribution is 0.414. The molecule has 0 aliphatic rings. The van der Waals surface area contributed by atoms with Crippen LogP contribution in [0.25, 0.3) is 44.2 Å². The van der Waals surface area contributed by atoms with Crippen LogP contribution in [0.5, 0.6) is 5.75 Å². The van der Waals surface area contributed by atoms with Crippen LogP contribution >= 0.6 is 0 Å². The molecular formula is C25H16O5. The van der Waals surface area contributed by atoms with Crippen molar-refractivity contribution >= 4 is 21.9 Å². The second-order valence-electron chi connectivity index (χ2n) is 6.91. The molecule has 5 nitrogen and oxygen atoms in total. The van der Waals surface area contributed by atoms with Crippen molar-refractivity contribution in [3.63, 3.8) is 0 Å². The van der Waals surface area contributed by atoms with Gasteiger partial charge in [-0.1, -0.05) is 36.4 Å². The van der Waals surface area contributed by atoms with Crippen molar-refractivity contribution in [1.82, 2.24) is 0 Å². The van der Waals surface area contributed by atoms with E-state index in [-0.39, 0.29) is 0 Å². The maximum atomic E-state index is 12.7. The molecule has 0 amide bonds. The minimum Gasteiger partial charge on any atom is -0.497 e. The van der Waals surface area contributed by atoms with Gasteiger partial charge in [-0.25, -0.2) is 9.59 Å². The Morgan fingerprint density at radius 1 is 0.700 bits per heavy atom. The van der Waals surface area contributed by atoms with E-state index in [9.17, 15) is 9.59 Å². The molecule has 0 bridgehead atoms. The van der Waals surface area contributed by atoms with Crippen molar-refractivity contribution in [2.24, 2.45) is 0 Å². The molecule has 2 heterocycles. The highest BCUT2D eigenvalue weighted by Gasteiger charge is 2.13. The fourth-order valence-corrected chi connectivity index (χ4v) is 3.61. The van der Waals surface area contributed by atoms with Crippen LogP contribution in [0, 0.1) is 0 Å². The van der Waals surface area contributed by atoms with Crippen LogP contribution in [0.15, 0.2) is 97.3 Å². The lowest BCUT2D eigenvalue weighted by Crippen LogP contribution is -2.03. The highest BCUT2D eigenvalue weighted by molar-refractivity contribution is 5.96. The number of benzene rings is 3. The SMILES string of the molecule is COc1ccc2cc(-c3ccc4oc(=O)cc(-c5ccccc5)c4c3)c(=O)oc2c1. The molecule has 5 heteroatoms. The molecule has 146 valence electrons. The van der Waals surface area contributed by atoms with Crippen molar-refractivity contribution in [3.05, 3.63) is 99.7 Å². The zero-order chi connectivity index (χ0) is 20.7. The molecule has 5 aromatic rings. The summed E-state index contributed by atoms with van der Waals surface area (Å²) in [5.74, 6) is 0.617. The number of methoxy groups -OCH3 is 1. The third-order valence-electron chi connectivity index (χ3n) is 5.08. The van der Waals surface area contributed by atoms with E-state index in [1.165, 1.54) is 6.07 Å². The van der Waals surface area contributed by atoms with Crippen molar-refractivity contribution in [2.75, 3.05) is 7.11 Å². The Morgan fingerprint density at radius 3 is 2.33 bits per heavy atom. The number of hydrogen-bond acceptors (Lipinski definition) is 5. The summed E-state index contributed by atoms with van der Waals surface area (Å²) in [4.78, 5) is 24.7. The second kappa shape index (κ2) is 7.04. The zero-order valence-corrected chi connectivity index (χ0v) is 16.0. The molecule has 0 fully saturated rings. The van der Waals surface area contributed by atoms with Gasteiger partial charge in [0.25, 0.3) is 0 Å².